The first kappa shape index (κ1) is 32.2. The molecule has 7 heteroatoms. The van der Waals surface area contributed by atoms with Crippen LogP contribution in [0.5, 0.6) is 17.2 Å². The molecule has 1 fully saturated rings. The molecule has 1 aromatic carbocycles. The third kappa shape index (κ3) is 12.2. The summed E-state index contributed by atoms with van der Waals surface area (Å²) in [5.74, 6) is 1.03. The number of esters is 1. The van der Waals surface area contributed by atoms with E-state index in [0.717, 1.165) is 70.6 Å². The Labute approximate surface area is 230 Å². The molecule has 7 nitrogen and oxygen atoms in total. The van der Waals surface area contributed by atoms with Gasteiger partial charge in [0.05, 0.1) is 37.6 Å². The maximum atomic E-state index is 13.2. The highest BCUT2D eigenvalue weighted by atomic mass is 16.6. The number of rotatable bonds is 20. The quantitative estimate of drug-likeness (QED) is 0.137. The van der Waals surface area contributed by atoms with Gasteiger partial charge in [0.2, 0.25) is 5.75 Å². The number of ether oxygens (including phenoxy) is 4. The number of hydrogen-bond acceptors (Lipinski definition) is 7. The predicted octanol–water partition coefficient (Wildman–Crippen LogP) is 7.00. The maximum Gasteiger partial charge on any atom is 0.338 e. The van der Waals surface area contributed by atoms with Crippen LogP contribution in [0.15, 0.2) is 12.1 Å². The van der Waals surface area contributed by atoms with E-state index in [2.05, 4.69) is 20.8 Å². The summed E-state index contributed by atoms with van der Waals surface area (Å²) < 4.78 is 24.3. The van der Waals surface area contributed by atoms with Crippen LogP contribution in [0.2, 0.25) is 0 Å². The molecule has 1 unspecified atom stereocenters. The fraction of sp³-hybridized carbons (Fsp3) is 0.774. The van der Waals surface area contributed by atoms with Crippen LogP contribution in [-0.4, -0.2) is 54.3 Å². The van der Waals surface area contributed by atoms with E-state index >= 15 is 0 Å². The topological polar surface area (TPSA) is 94.5 Å². The van der Waals surface area contributed by atoms with E-state index in [9.17, 15) is 15.0 Å². The Balaban J connectivity index is 2.23. The Hall–Kier alpha value is -1.99. The van der Waals surface area contributed by atoms with E-state index < -0.39 is 24.3 Å². The van der Waals surface area contributed by atoms with Gasteiger partial charge in [0, 0.05) is 12.8 Å². The third-order valence-corrected chi connectivity index (χ3v) is 6.90. The Morgan fingerprint density at radius 2 is 1.13 bits per heavy atom. The molecule has 1 aliphatic carbocycles. The summed E-state index contributed by atoms with van der Waals surface area (Å²) in [5, 5.41) is 20.0. The molecule has 2 N–H and O–H groups in total. The van der Waals surface area contributed by atoms with Crippen molar-refractivity contribution in [3.8, 4) is 17.2 Å². The minimum absolute atomic E-state index is 0.310. The van der Waals surface area contributed by atoms with Crippen LogP contribution in [0, 0.1) is 0 Å². The molecule has 2 rings (SSSR count). The molecule has 1 saturated carbocycles. The molecule has 1 aromatic rings. The van der Waals surface area contributed by atoms with Crippen molar-refractivity contribution >= 4 is 5.97 Å². The first-order valence-corrected chi connectivity index (χ1v) is 15.1. The van der Waals surface area contributed by atoms with E-state index in [0.29, 0.717) is 61.9 Å². The molecule has 0 spiro atoms. The zero-order chi connectivity index (χ0) is 27.6. The largest absolute Gasteiger partial charge is 0.490 e. The van der Waals surface area contributed by atoms with Crippen molar-refractivity contribution in [2.75, 3.05) is 19.8 Å². The third-order valence-electron chi connectivity index (χ3n) is 6.90. The highest BCUT2D eigenvalue weighted by Crippen LogP contribution is 2.40. The summed E-state index contributed by atoms with van der Waals surface area (Å²) in [5.41, 5.74) is 0.324. The van der Waals surface area contributed by atoms with Gasteiger partial charge in [0.25, 0.3) is 0 Å². The number of unbranched alkanes of at least 4 members (excludes halogenated alkanes) is 9. The van der Waals surface area contributed by atoms with Gasteiger partial charge in [-0.3, -0.25) is 0 Å². The summed E-state index contributed by atoms with van der Waals surface area (Å²) >= 11 is 0. The fourth-order valence-electron chi connectivity index (χ4n) is 4.70. The summed E-state index contributed by atoms with van der Waals surface area (Å²) in [4.78, 5) is 13.2. The Morgan fingerprint density at radius 1 is 0.684 bits per heavy atom. The van der Waals surface area contributed by atoms with E-state index in [1.807, 2.05) is 0 Å². The molecule has 0 radical (unpaired) electrons. The van der Waals surface area contributed by atoms with E-state index in [-0.39, 0.29) is 0 Å². The number of aliphatic hydroxyl groups is 2. The lowest BCUT2D eigenvalue weighted by Crippen LogP contribution is -2.35. The van der Waals surface area contributed by atoms with Gasteiger partial charge in [-0.1, -0.05) is 78.6 Å². The van der Waals surface area contributed by atoms with Crippen LogP contribution in [0.3, 0.4) is 0 Å². The fourth-order valence-corrected chi connectivity index (χ4v) is 4.70. The minimum Gasteiger partial charge on any atom is -0.490 e. The molecule has 0 saturated heterocycles. The molecule has 0 aromatic heterocycles. The molecule has 0 aliphatic heterocycles. The molecular formula is C31H52O7. The number of aliphatic hydroxyl groups excluding tert-OH is 2. The maximum absolute atomic E-state index is 13.2. The smallest absolute Gasteiger partial charge is 0.338 e. The number of carbonyl (C=O) groups is 1. The second-order valence-electron chi connectivity index (χ2n) is 10.6. The normalized spacial score (nSPS) is 19.2. The summed E-state index contributed by atoms with van der Waals surface area (Å²) in [6.45, 7) is 8.15. The van der Waals surface area contributed by atoms with Crippen LogP contribution in [0.25, 0.3) is 0 Å². The van der Waals surface area contributed by atoms with Gasteiger partial charge in [-0.05, 0) is 37.8 Å². The molecule has 218 valence electrons. The second-order valence-corrected chi connectivity index (χ2v) is 10.6. The minimum atomic E-state index is -0.677. The second kappa shape index (κ2) is 19.1. The molecule has 0 bridgehead atoms. The number of hydrogen-bond donors (Lipinski definition) is 2. The molecule has 3 atom stereocenters. The SMILES string of the molecule is CCCCCCOc1cc(C(=O)OC2C[C@@H](O)C[C@@H](O)C2)cc(OCCCCCC)c1OCCCCCC. The van der Waals surface area contributed by atoms with Crippen molar-refractivity contribution in [2.24, 2.45) is 0 Å². The lowest BCUT2D eigenvalue weighted by Gasteiger charge is -2.29. The van der Waals surface area contributed by atoms with E-state index in [1.165, 1.54) is 6.42 Å². The van der Waals surface area contributed by atoms with Crippen molar-refractivity contribution < 1.29 is 34.0 Å². The summed E-state index contributed by atoms with van der Waals surface area (Å²) in [6, 6.07) is 3.37. The van der Waals surface area contributed by atoms with Gasteiger partial charge >= 0.3 is 5.97 Å². The zero-order valence-corrected chi connectivity index (χ0v) is 24.1. The van der Waals surface area contributed by atoms with Crippen molar-refractivity contribution in [3.05, 3.63) is 17.7 Å². The van der Waals surface area contributed by atoms with Crippen molar-refractivity contribution in [1.29, 1.82) is 0 Å². The lowest BCUT2D eigenvalue weighted by molar-refractivity contribution is -0.0408. The predicted molar refractivity (Wildman–Crippen MR) is 150 cm³/mol. The standard InChI is InChI=1S/C31H52O7/c1-4-7-10-13-16-35-28-19-24(31(34)38-27-22-25(32)21-26(33)23-27)20-29(36-17-14-11-8-5-2)30(28)37-18-15-12-9-6-3/h19-20,25-27,32-33H,4-18,21-23H2,1-3H3/t25-,26+,27?. The van der Waals surface area contributed by atoms with Crippen molar-refractivity contribution in [1.82, 2.24) is 0 Å². The number of benzene rings is 1. The average Bonchev–Trinajstić information content (AvgIpc) is 2.88. The van der Waals surface area contributed by atoms with Crippen molar-refractivity contribution in [3.63, 3.8) is 0 Å². The van der Waals surface area contributed by atoms with Gasteiger partial charge in [-0.25, -0.2) is 4.79 Å². The van der Waals surface area contributed by atoms with Crippen LogP contribution >= 0.6 is 0 Å². The molecular weight excluding hydrogens is 484 g/mol. The summed E-state index contributed by atoms with van der Waals surface area (Å²) in [6.07, 6.45) is 12.0. The van der Waals surface area contributed by atoms with Crippen LogP contribution in [0.4, 0.5) is 0 Å². The Morgan fingerprint density at radius 3 is 1.58 bits per heavy atom. The zero-order valence-electron chi connectivity index (χ0n) is 24.1. The van der Waals surface area contributed by atoms with E-state index in [1.54, 1.807) is 12.1 Å². The molecule has 38 heavy (non-hydrogen) atoms. The van der Waals surface area contributed by atoms with Crippen molar-refractivity contribution in [2.45, 2.75) is 135 Å². The Bertz CT molecular complexity index is 736. The first-order valence-electron chi connectivity index (χ1n) is 15.1. The van der Waals surface area contributed by atoms with Gasteiger partial charge < -0.3 is 29.2 Å². The molecule has 0 heterocycles. The van der Waals surface area contributed by atoms with Crippen LogP contribution in [-0.2, 0) is 4.74 Å². The van der Waals surface area contributed by atoms with Crippen LogP contribution in [0.1, 0.15) is 127 Å². The summed E-state index contributed by atoms with van der Waals surface area (Å²) in [7, 11) is 0. The van der Waals surface area contributed by atoms with Gasteiger partial charge in [-0.2, -0.15) is 0 Å². The molecule has 0 amide bonds. The van der Waals surface area contributed by atoms with Gasteiger partial charge in [0.1, 0.15) is 6.10 Å². The highest BCUT2D eigenvalue weighted by molar-refractivity contribution is 5.91. The van der Waals surface area contributed by atoms with Crippen LogP contribution < -0.4 is 14.2 Å². The van der Waals surface area contributed by atoms with Gasteiger partial charge in [-0.15, -0.1) is 0 Å². The number of carbonyl (C=O) groups excluding carboxylic acids is 1. The Kier molecular flexibility index (Phi) is 16.2. The van der Waals surface area contributed by atoms with Gasteiger partial charge in [0.15, 0.2) is 11.5 Å². The highest BCUT2D eigenvalue weighted by Gasteiger charge is 2.30. The monoisotopic (exact) mass is 536 g/mol. The lowest BCUT2D eigenvalue weighted by atomic mass is 9.92. The van der Waals surface area contributed by atoms with E-state index in [4.69, 9.17) is 18.9 Å². The first-order chi connectivity index (χ1) is 18.5. The molecule has 1 aliphatic rings. The average molecular weight is 537 g/mol.